The van der Waals surface area contributed by atoms with E-state index in [-0.39, 0.29) is 18.1 Å². The average molecular weight is 246 g/mol. The molecule has 16 heavy (non-hydrogen) atoms. The Morgan fingerprint density at radius 2 is 2.19 bits per heavy atom. The Bertz CT molecular complexity index is 255. The minimum Gasteiger partial charge on any atom is -0.370 e. The highest BCUT2D eigenvalue weighted by molar-refractivity contribution is 6.18. The van der Waals surface area contributed by atoms with Gasteiger partial charge in [-0.2, -0.15) is 0 Å². The highest BCUT2D eigenvalue weighted by Gasteiger charge is 2.30. The molecule has 1 amide bonds. The molecule has 0 aromatic rings. The van der Waals surface area contributed by atoms with Crippen LogP contribution < -0.4 is 0 Å². The molecule has 2 atom stereocenters. The largest absolute Gasteiger partial charge is 0.370 e. The van der Waals surface area contributed by atoms with E-state index < -0.39 is 0 Å². The van der Waals surface area contributed by atoms with Crippen LogP contribution in [0.1, 0.15) is 32.6 Å². The number of amides is 1. The first-order valence-corrected chi connectivity index (χ1v) is 6.71. The summed E-state index contributed by atoms with van der Waals surface area (Å²) in [5, 5.41) is 0. The molecule has 0 aromatic carbocycles. The lowest BCUT2D eigenvalue weighted by Gasteiger charge is -2.37. The molecule has 0 radical (unpaired) electrons. The summed E-state index contributed by atoms with van der Waals surface area (Å²) in [6.07, 6.45) is 4.59. The van der Waals surface area contributed by atoms with Gasteiger partial charge in [0.2, 0.25) is 5.91 Å². The fraction of sp³-hybridized carbons (Fsp3) is 0.917. The van der Waals surface area contributed by atoms with Gasteiger partial charge in [-0.05, 0) is 25.7 Å². The summed E-state index contributed by atoms with van der Waals surface area (Å²) in [4.78, 5) is 14.0. The molecular formula is C12H20ClNO2. The molecule has 92 valence electrons. The van der Waals surface area contributed by atoms with Crippen molar-refractivity contribution in [2.45, 2.75) is 44.8 Å². The molecule has 1 saturated heterocycles. The van der Waals surface area contributed by atoms with Crippen molar-refractivity contribution < 1.29 is 9.53 Å². The van der Waals surface area contributed by atoms with Crippen LogP contribution >= 0.6 is 11.6 Å². The second kappa shape index (κ2) is 5.37. The molecule has 2 aliphatic rings. The second-order valence-corrected chi connectivity index (χ2v) is 5.33. The van der Waals surface area contributed by atoms with Crippen LogP contribution in [0.4, 0.5) is 0 Å². The number of halogens is 1. The van der Waals surface area contributed by atoms with Crippen molar-refractivity contribution >= 4 is 17.5 Å². The Kier molecular flexibility index (Phi) is 4.09. The SMILES string of the molecule is CC1CN(C(=O)CC2CCC2)CC(CCl)O1. The number of rotatable bonds is 3. The van der Waals surface area contributed by atoms with Gasteiger partial charge in [-0.25, -0.2) is 0 Å². The number of morpholine rings is 1. The Morgan fingerprint density at radius 1 is 1.44 bits per heavy atom. The topological polar surface area (TPSA) is 29.5 Å². The van der Waals surface area contributed by atoms with E-state index in [9.17, 15) is 4.79 Å². The van der Waals surface area contributed by atoms with E-state index in [2.05, 4.69) is 0 Å². The first kappa shape index (κ1) is 12.2. The molecule has 1 heterocycles. The van der Waals surface area contributed by atoms with E-state index in [1.807, 2.05) is 11.8 Å². The van der Waals surface area contributed by atoms with Crippen molar-refractivity contribution in [3.63, 3.8) is 0 Å². The van der Waals surface area contributed by atoms with Gasteiger partial charge in [0.05, 0.1) is 18.1 Å². The molecule has 4 heteroatoms. The Balaban J connectivity index is 1.84. The summed E-state index contributed by atoms with van der Waals surface area (Å²) in [5.74, 6) is 1.40. The summed E-state index contributed by atoms with van der Waals surface area (Å²) >= 11 is 5.80. The van der Waals surface area contributed by atoms with Gasteiger partial charge in [0, 0.05) is 19.5 Å². The molecule has 1 saturated carbocycles. The summed E-state index contributed by atoms with van der Waals surface area (Å²) in [6.45, 7) is 3.39. The zero-order valence-electron chi connectivity index (χ0n) is 9.82. The van der Waals surface area contributed by atoms with E-state index in [1.54, 1.807) is 0 Å². The number of ether oxygens (including phenoxy) is 1. The predicted molar refractivity (Wildman–Crippen MR) is 63.6 cm³/mol. The Labute approximate surface area is 102 Å². The number of alkyl halides is 1. The van der Waals surface area contributed by atoms with Crippen molar-refractivity contribution in [1.29, 1.82) is 0 Å². The summed E-state index contributed by atoms with van der Waals surface area (Å²) in [5.41, 5.74) is 0. The molecule has 0 aromatic heterocycles. The second-order valence-electron chi connectivity index (χ2n) is 5.02. The summed E-state index contributed by atoms with van der Waals surface area (Å²) in [6, 6.07) is 0. The van der Waals surface area contributed by atoms with Gasteiger partial charge in [-0.1, -0.05) is 6.42 Å². The van der Waals surface area contributed by atoms with Gasteiger partial charge in [-0.3, -0.25) is 4.79 Å². The quantitative estimate of drug-likeness (QED) is 0.712. The van der Waals surface area contributed by atoms with Gasteiger partial charge in [0.15, 0.2) is 0 Å². The van der Waals surface area contributed by atoms with Crippen LogP contribution in [-0.2, 0) is 9.53 Å². The van der Waals surface area contributed by atoms with Crippen LogP contribution in [0.15, 0.2) is 0 Å². The van der Waals surface area contributed by atoms with Crippen LogP contribution in [0.25, 0.3) is 0 Å². The van der Waals surface area contributed by atoms with E-state index in [1.165, 1.54) is 19.3 Å². The average Bonchev–Trinajstić information content (AvgIpc) is 2.22. The lowest BCUT2D eigenvalue weighted by Crippen LogP contribution is -2.50. The Hall–Kier alpha value is -0.280. The number of carbonyl (C=O) groups is 1. The minimum atomic E-state index is 0.00996. The molecule has 2 rings (SSSR count). The maximum Gasteiger partial charge on any atom is 0.223 e. The first-order chi connectivity index (χ1) is 7.69. The minimum absolute atomic E-state index is 0.00996. The molecule has 3 nitrogen and oxygen atoms in total. The van der Waals surface area contributed by atoms with Gasteiger partial charge in [0.1, 0.15) is 0 Å². The molecule has 2 unspecified atom stereocenters. The zero-order chi connectivity index (χ0) is 11.5. The fourth-order valence-electron chi connectivity index (χ4n) is 2.41. The molecule has 1 aliphatic carbocycles. The molecule has 0 N–H and O–H groups in total. The normalized spacial score (nSPS) is 31.2. The van der Waals surface area contributed by atoms with Crippen LogP contribution in [0.3, 0.4) is 0 Å². The van der Waals surface area contributed by atoms with Gasteiger partial charge >= 0.3 is 0 Å². The maximum absolute atomic E-state index is 12.0. The predicted octanol–water partition coefficient (Wildman–Crippen LogP) is 2.03. The van der Waals surface area contributed by atoms with Gasteiger partial charge in [-0.15, -0.1) is 11.6 Å². The first-order valence-electron chi connectivity index (χ1n) is 6.18. The van der Waals surface area contributed by atoms with Crippen molar-refractivity contribution in [3.05, 3.63) is 0 Å². The van der Waals surface area contributed by atoms with E-state index in [0.29, 0.717) is 18.3 Å². The summed E-state index contributed by atoms with van der Waals surface area (Å²) < 4.78 is 5.64. The molecule has 2 fully saturated rings. The van der Waals surface area contributed by atoms with Crippen molar-refractivity contribution in [3.8, 4) is 0 Å². The number of hydrogen-bond donors (Lipinski definition) is 0. The lowest BCUT2D eigenvalue weighted by molar-refractivity contribution is -0.144. The monoisotopic (exact) mass is 245 g/mol. The third-order valence-electron chi connectivity index (χ3n) is 3.54. The fourth-order valence-corrected chi connectivity index (χ4v) is 2.58. The smallest absolute Gasteiger partial charge is 0.223 e. The highest BCUT2D eigenvalue weighted by Crippen LogP contribution is 2.30. The van der Waals surface area contributed by atoms with Crippen LogP contribution in [0, 0.1) is 5.92 Å². The molecule has 0 spiro atoms. The van der Waals surface area contributed by atoms with Gasteiger partial charge in [0.25, 0.3) is 0 Å². The molecular weight excluding hydrogens is 226 g/mol. The molecule has 0 bridgehead atoms. The van der Waals surface area contributed by atoms with E-state index >= 15 is 0 Å². The third kappa shape index (κ3) is 2.89. The van der Waals surface area contributed by atoms with Crippen LogP contribution in [0.2, 0.25) is 0 Å². The van der Waals surface area contributed by atoms with Crippen molar-refractivity contribution in [1.82, 2.24) is 4.90 Å². The van der Waals surface area contributed by atoms with Crippen molar-refractivity contribution in [2.75, 3.05) is 19.0 Å². The number of nitrogens with zero attached hydrogens (tertiary/aromatic N) is 1. The lowest BCUT2D eigenvalue weighted by atomic mass is 9.82. The van der Waals surface area contributed by atoms with E-state index in [0.717, 1.165) is 13.0 Å². The highest BCUT2D eigenvalue weighted by atomic mass is 35.5. The van der Waals surface area contributed by atoms with Crippen LogP contribution in [-0.4, -0.2) is 42.0 Å². The maximum atomic E-state index is 12.0. The standard InChI is InChI=1S/C12H20ClNO2/c1-9-7-14(8-11(6-13)16-9)12(15)5-10-3-2-4-10/h9-11H,2-8H2,1H3. The third-order valence-corrected chi connectivity index (χ3v) is 3.88. The Morgan fingerprint density at radius 3 is 2.75 bits per heavy atom. The summed E-state index contributed by atoms with van der Waals surface area (Å²) in [7, 11) is 0. The number of carbonyl (C=O) groups excluding carboxylic acids is 1. The number of hydrogen-bond acceptors (Lipinski definition) is 2. The van der Waals surface area contributed by atoms with Gasteiger partial charge < -0.3 is 9.64 Å². The van der Waals surface area contributed by atoms with Crippen molar-refractivity contribution in [2.24, 2.45) is 5.92 Å². The molecule has 1 aliphatic heterocycles. The van der Waals surface area contributed by atoms with Crippen LogP contribution in [0.5, 0.6) is 0 Å². The van der Waals surface area contributed by atoms with E-state index in [4.69, 9.17) is 16.3 Å². The zero-order valence-corrected chi connectivity index (χ0v) is 10.6.